The molecule has 0 saturated heterocycles. The topological polar surface area (TPSA) is 96.9 Å². The number of hydrogen-bond donors (Lipinski definition) is 3. The molecule has 39 heavy (non-hydrogen) atoms. The number of fused-ring (bicyclic) bond motifs is 5. The van der Waals surface area contributed by atoms with Crippen molar-refractivity contribution in [2.45, 2.75) is 137 Å². The van der Waals surface area contributed by atoms with Gasteiger partial charge < -0.3 is 25.2 Å². The maximum atomic E-state index is 13.1. The van der Waals surface area contributed by atoms with Gasteiger partial charge in [0.2, 0.25) is 0 Å². The molecule has 4 rings (SSSR count). The number of rotatable bonds is 4. The second kappa shape index (κ2) is 10.7. The molecule has 0 heterocycles. The zero-order valence-electron chi connectivity index (χ0n) is 26.1. The molecule has 0 aliphatic heterocycles. The first-order chi connectivity index (χ1) is 18.0. The molecule has 4 fully saturated rings. The van der Waals surface area contributed by atoms with Gasteiger partial charge in [0.25, 0.3) is 0 Å². The highest BCUT2D eigenvalue weighted by Crippen LogP contribution is 2.68. The number of nitrogens with one attached hydrogen (secondary N) is 2. The van der Waals surface area contributed by atoms with Gasteiger partial charge in [-0.2, -0.15) is 0 Å². The van der Waals surface area contributed by atoms with Crippen molar-refractivity contribution >= 4 is 12.2 Å². The lowest BCUT2D eigenvalue weighted by Crippen LogP contribution is -2.63. The van der Waals surface area contributed by atoms with Crippen LogP contribution in [0.2, 0.25) is 0 Å². The molecular weight excluding hydrogens is 492 g/mol. The Balaban J connectivity index is 1.59. The second-order valence-corrected chi connectivity index (χ2v) is 16.0. The summed E-state index contributed by atoms with van der Waals surface area (Å²) >= 11 is 0. The second-order valence-electron chi connectivity index (χ2n) is 16.0. The van der Waals surface area contributed by atoms with Crippen LogP contribution in [0.5, 0.6) is 0 Å². The van der Waals surface area contributed by atoms with E-state index in [1.165, 1.54) is 12.8 Å². The van der Waals surface area contributed by atoms with E-state index in [9.17, 15) is 14.7 Å². The zero-order valence-corrected chi connectivity index (χ0v) is 26.1. The third kappa shape index (κ3) is 6.23. The molecule has 0 radical (unpaired) electrons. The highest BCUT2D eigenvalue weighted by Gasteiger charge is 2.63. The van der Waals surface area contributed by atoms with Crippen LogP contribution in [0.3, 0.4) is 0 Å². The number of ether oxygens (including phenoxy) is 2. The number of carbonyl (C=O) groups excluding carboxylic acids is 2. The van der Waals surface area contributed by atoms with Crippen molar-refractivity contribution in [1.82, 2.24) is 10.6 Å². The maximum absolute atomic E-state index is 13.1. The van der Waals surface area contributed by atoms with Crippen molar-refractivity contribution in [3.63, 3.8) is 0 Å². The maximum Gasteiger partial charge on any atom is 0.407 e. The smallest absolute Gasteiger partial charge is 0.407 e. The Morgan fingerprint density at radius 3 is 2.00 bits per heavy atom. The first-order valence-corrected chi connectivity index (χ1v) is 15.6. The Labute approximate surface area is 236 Å². The summed E-state index contributed by atoms with van der Waals surface area (Å²) < 4.78 is 11.3. The first kappa shape index (κ1) is 30.5. The summed E-state index contributed by atoms with van der Waals surface area (Å²) in [6.45, 7) is 18.8. The minimum absolute atomic E-state index is 0.0519. The summed E-state index contributed by atoms with van der Waals surface area (Å²) in [4.78, 5) is 25.7. The van der Waals surface area contributed by atoms with Crippen molar-refractivity contribution in [3.8, 4) is 0 Å². The van der Waals surface area contributed by atoms with Crippen LogP contribution in [-0.2, 0) is 9.47 Å². The number of hydrogen-bond acceptors (Lipinski definition) is 5. The number of amides is 2. The summed E-state index contributed by atoms with van der Waals surface area (Å²) in [5, 5.41) is 16.6. The van der Waals surface area contributed by atoms with Crippen molar-refractivity contribution < 1.29 is 24.2 Å². The Morgan fingerprint density at radius 1 is 0.846 bits per heavy atom. The van der Waals surface area contributed by atoms with Gasteiger partial charge in [0.15, 0.2) is 0 Å². The van der Waals surface area contributed by atoms with Gasteiger partial charge in [-0.1, -0.05) is 20.8 Å². The molecule has 7 heteroatoms. The van der Waals surface area contributed by atoms with E-state index in [1.807, 2.05) is 41.5 Å². The van der Waals surface area contributed by atoms with E-state index in [2.05, 4.69) is 31.4 Å². The quantitative estimate of drug-likeness (QED) is 0.365. The summed E-state index contributed by atoms with van der Waals surface area (Å²) in [6.07, 6.45) is 7.90. The Hall–Kier alpha value is -1.50. The largest absolute Gasteiger partial charge is 0.444 e. The molecule has 224 valence electrons. The van der Waals surface area contributed by atoms with Gasteiger partial charge in [-0.25, -0.2) is 9.59 Å². The molecule has 10 atom stereocenters. The lowest BCUT2D eigenvalue weighted by atomic mass is 9.43. The lowest BCUT2D eigenvalue weighted by molar-refractivity contribution is -0.132. The van der Waals surface area contributed by atoms with Crippen molar-refractivity contribution in [2.75, 3.05) is 6.61 Å². The molecule has 4 unspecified atom stereocenters. The molecule has 3 N–H and O–H groups in total. The van der Waals surface area contributed by atoms with Crippen LogP contribution in [0.15, 0.2) is 0 Å². The Morgan fingerprint density at radius 2 is 1.41 bits per heavy atom. The van der Waals surface area contributed by atoms with Crippen LogP contribution in [0, 0.1) is 46.3 Å². The molecule has 0 spiro atoms. The molecular formula is C32H56N2O5. The lowest BCUT2D eigenvalue weighted by Gasteiger charge is -2.63. The molecule has 4 aliphatic carbocycles. The summed E-state index contributed by atoms with van der Waals surface area (Å²) in [5.74, 6) is 2.70. The van der Waals surface area contributed by atoms with Crippen molar-refractivity contribution in [3.05, 3.63) is 0 Å². The molecule has 0 bridgehead atoms. The molecule has 0 aromatic rings. The van der Waals surface area contributed by atoms with E-state index in [4.69, 9.17) is 9.47 Å². The molecule has 2 amide bonds. The predicted octanol–water partition coefficient (Wildman–Crippen LogP) is 6.67. The van der Waals surface area contributed by atoms with Gasteiger partial charge in [-0.15, -0.1) is 0 Å². The highest BCUT2D eigenvalue weighted by molar-refractivity contribution is 5.68. The van der Waals surface area contributed by atoms with E-state index in [-0.39, 0.29) is 41.7 Å². The van der Waals surface area contributed by atoms with Gasteiger partial charge in [0.1, 0.15) is 11.2 Å². The molecule has 4 saturated carbocycles. The van der Waals surface area contributed by atoms with Crippen LogP contribution in [0.4, 0.5) is 9.59 Å². The third-order valence-corrected chi connectivity index (χ3v) is 11.2. The fourth-order valence-corrected chi connectivity index (χ4v) is 9.58. The number of aliphatic hydroxyl groups excluding tert-OH is 1. The minimum Gasteiger partial charge on any atom is -0.444 e. The van der Waals surface area contributed by atoms with E-state index in [0.29, 0.717) is 35.5 Å². The van der Waals surface area contributed by atoms with Gasteiger partial charge >= 0.3 is 12.2 Å². The van der Waals surface area contributed by atoms with Crippen LogP contribution in [0.25, 0.3) is 0 Å². The molecule has 7 nitrogen and oxygen atoms in total. The highest BCUT2D eigenvalue weighted by atomic mass is 16.6. The standard InChI is InChI=1S/C32H56N2O5/c1-19(18-35)22-10-11-23-26-24(13-15-32(22,23)9)31(8)14-12-21(33-27(36)38-29(2,3)4)16-20(31)17-25(26)34-28(37)39-30(5,6)7/h19-26,35H,10-18H2,1-9H3,(H,33,36)(H,34,37)/t19-,20-,21-,22?,23?,24?,25-,26?,31+,32-/m1/s1. The van der Waals surface area contributed by atoms with E-state index >= 15 is 0 Å². The number of alkyl carbamates (subject to hydrolysis) is 2. The number of carbonyl (C=O) groups is 2. The SMILES string of the molecule is C[C@H](CO)C1CCC2C3C(CC[C@@]21C)[C@@]1(C)CC[C@@H](NC(=O)OC(C)(C)C)C[C@@H]1C[C@H]3NC(=O)OC(C)(C)C. The van der Waals surface area contributed by atoms with Crippen molar-refractivity contribution in [1.29, 1.82) is 0 Å². The van der Waals surface area contributed by atoms with Crippen LogP contribution in [0.1, 0.15) is 114 Å². The van der Waals surface area contributed by atoms with Gasteiger partial charge in [0.05, 0.1) is 0 Å². The average Bonchev–Trinajstić information content (AvgIpc) is 3.14. The van der Waals surface area contributed by atoms with E-state index in [0.717, 1.165) is 38.5 Å². The summed E-state index contributed by atoms with van der Waals surface area (Å²) in [6, 6.07) is 0.141. The normalized spacial score (nSPS) is 40.9. The van der Waals surface area contributed by atoms with Gasteiger partial charge in [-0.3, -0.25) is 0 Å². The van der Waals surface area contributed by atoms with Crippen LogP contribution in [-0.4, -0.2) is 47.2 Å². The van der Waals surface area contributed by atoms with E-state index < -0.39 is 11.2 Å². The summed E-state index contributed by atoms with van der Waals surface area (Å²) in [5.41, 5.74) is -0.689. The fourth-order valence-electron chi connectivity index (χ4n) is 9.58. The van der Waals surface area contributed by atoms with Gasteiger partial charge in [0, 0.05) is 18.7 Å². The molecule has 0 aromatic heterocycles. The fraction of sp³-hybridized carbons (Fsp3) is 0.938. The van der Waals surface area contributed by atoms with E-state index in [1.54, 1.807) is 0 Å². The van der Waals surface area contributed by atoms with Crippen LogP contribution >= 0.6 is 0 Å². The monoisotopic (exact) mass is 548 g/mol. The minimum atomic E-state index is -0.546. The number of aliphatic hydroxyl groups is 1. The Bertz CT molecular complexity index is 909. The third-order valence-electron chi connectivity index (χ3n) is 11.2. The molecule has 0 aromatic carbocycles. The molecule has 4 aliphatic rings. The zero-order chi connectivity index (χ0) is 29.0. The van der Waals surface area contributed by atoms with Gasteiger partial charge in [-0.05, 0) is 139 Å². The Kier molecular flexibility index (Phi) is 8.37. The summed E-state index contributed by atoms with van der Waals surface area (Å²) in [7, 11) is 0. The predicted molar refractivity (Wildman–Crippen MR) is 153 cm³/mol. The van der Waals surface area contributed by atoms with Crippen molar-refractivity contribution in [2.24, 2.45) is 46.3 Å². The average molecular weight is 549 g/mol. The van der Waals surface area contributed by atoms with Crippen LogP contribution < -0.4 is 10.6 Å². The first-order valence-electron chi connectivity index (χ1n) is 15.6.